The standard InChI is InChI=1S/C23H25N3O5/c1-15-5-3-6-19(16(15)2)25-20(27)14-31-22(29)13-24-23(30)17-8-10-18(11-9-17)26-12-4-7-21(26)28/h3,5-6,8-11H,4,7,12-14H2,1-2H3,(H,24,30)(H,25,27). The smallest absolute Gasteiger partial charge is 0.325 e. The van der Waals surface area contributed by atoms with E-state index in [0.29, 0.717) is 24.2 Å². The fraction of sp³-hybridized carbons (Fsp3) is 0.304. The van der Waals surface area contributed by atoms with Gasteiger partial charge in [0.25, 0.3) is 11.8 Å². The second-order valence-electron chi connectivity index (χ2n) is 7.33. The van der Waals surface area contributed by atoms with Crippen LogP contribution in [0, 0.1) is 13.8 Å². The highest BCUT2D eigenvalue weighted by Gasteiger charge is 2.21. The molecule has 0 aromatic heterocycles. The van der Waals surface area contributed by atoms with Gasteiger partial charge < -0.3 is 20.3 Å². The Bertz CT molecular complexity index is 1000. The summed E-state index contributed by atoms with van der Waals surface area (Å²) < 4.78 is 4.92. The molecule has 2 aromatic rings. The van der Waals surface area contributed by atoms with Crippen LogP contribution in [0.1, 0.15) is 34.3 Å². The van der Waals surface area contributed by atoms with Crippen LogP contribution in [0.25, 0.3) is 0 Å². The largest absolute Gasteiger partial charge is 0.454 e. The molecule has 0 unspecified atom stereocenters. The van der Waals surface area contributed by atoms with Crippen LogP contribution in [0.2, 0.25) is 0 Å². The molecular weight excluding hydrogens is 398 g/mol. The Kier molecular flexibility index (Phi) is 7.02. The molecule has 1 aliphatic heterocycles. The van der Waals surface area contributed by atoms with Crippen molar-refractivity contribution in [1.82, 2.24) is 5.32 Å². The SMILES string of the molecule is Cc1cccc(NC(=O)COC(=O)CNC(=O)c2ccc(N3CCCC3=O)cc2)c1C. The van der Waals surface area contributed by atoms with E-state index in [9.17, 15) is 19.2 Å². The second kappa shape index (κ2) is 9.88. The van der Waals surface area contributed by atoms with Gasteiger partial charge in [0.15, 0.2) is 6.61 Å². The van der Waals surface area contributed by atoms with Crippen molar-refractivity contribution in [2.75, 3.05) is 29.9 Å². The number of hydrogen-bond acceptors (Lipinski definition) is 5. The van der Waals surface area contributed by atoms with Gasteiger partial charge >= 0.3 is 5.97 Å². The van der Waals surface area contributed by atoms with E-state index in [1.807, 2.05) is 26.0 Å². The van der Waals surface area contributed by atoms with Gasteiger partial charge in [0.05, 0.1) is 0 Å². The number of rotatable bonds is 7. The van der Waals surface area contributed by atoms with Gasteiger partial charge in [-0.15, -0.1) is 0 Å². The molecule has 1 fully saturated rings. The zero-order valence-electron chi connectivity index (χ0n) is 17.6. The third-order valence-electron chi connectivity index (χ3n) is 5.15. The molecule has 1 heterocycles. The number of carbonyl (C=O) groups is 4. The van der Waals surface area contributed by atoms with Crippen LogP contribution in [-0.2, 0) is 19.1 Å². The van der Waals surface area contributed by atoms with E-state index in [1.54, 1.807) is 35.2 Å². The van der Waals surface area contributed by atoms with Crippen molar-refractivity contribution in [1.29, 1.82) is 0 Å². The van der Waals surface area contributed by atoms with Crippen LogP contribution in [0.3, 0.4) is 0 Å². The van der Waals surface area contributed by atoms with Crippen LogP contribution in [0.5, 0.6) is 0 Å². The maximum Gasteiger partial charge on any atom is 0.325 e. The molecule has 1 saturated heterocycles. The maximum atomic E-state index is 12.2. The molecule has 2 N–H and O–H groups in total. The maximum absolute atomic E-state index is 12.2. The number of carbonyl (C=O) groups excluding carboxylic acids is 4. The molecular formula is C23H25N3O5. The first-order valence-corrected chi connectivity index (χ1v) is 10.1. The first kappa shape index (κ1) is 22.0. The van der Waals surface area contributed by atoms with Gasteiger partial charge in [-0.05, 0) is 61.7 Å². The summed E-state index contributed by atoms with van der Waals surface area (Å²) in [6.45, 7) is 3.70. The molecule has 2 aromatic carbocycles. The molecule has 0 spiro atoms. The molecule has 0 radical (unpaired) electrons. The highest BCUT2D eigenvalue weighted by Crippen LogP contribution is 2.21. The summed E-state index contributed by atoms with van der Waals surface area (Å²) in [4.78, 5) is 49.5. The average molecular weight is 423 g/mol. The molecule has 3 amide bonds. The summed E-state index contributed by atoms with van der Waals surface area (Å²) in [7, 11) is 0. The second-order valence-corrected chi connectivity index (χ2v) is 7.33. The zero-order valence-corrected chi connectivity index (χ0v) is 17.6. The highest BCUT2D eigenvalue weighted by molar-refractivity contribution is 5.98. The molecule has 31 heavy (non-hydrogen) atoms. The van der Waals surface area contributed by atoms with Crippen molar-refractivity contribution in [3.63, 3.8) is 0 Å². The quantitative estimate of drug-likeness (QED) is 0.665. The monoisotopic (exact) mass is 423 g/mol. The summed E-state index contributed by atoms with van der Waals surface area (Å²) in [6, 6.07) is 12.1. The Morgan fingerprint density at radius 2 is 1.81 bits per heavy atom. The number of hydrogen-bond donors (Lipinski definition) is 2. The lowest BCUT2D eigenvalue weighted by Gasteiger charge is -2.15. The minimum Gasteiger partial charge on any atom is -0.454 e. The third kappa shape index (κ3) is 5.69. The van der Waals surface area contributed by atoms with E-state index < -0.39 is 24.4 Å². The zero-order chi connectivity index (χ0) is 22.4. The lowest BCUT2D eigenvalue weighted by Crippen LogP contribution is -2.32. The van der Waals surface area contributed by atoms with Gasteiger partial charge in [-0.1, -0.05) is 12.1 Å². The number of esters is 1. The number of anilines is 2. The average Bonchev–Trinajstić information content (AvgIpc) is 3.19. The predicted molar refractivity (Wildman–Crippen MR) is 116 cm³/mol. The topological polar surface area (TPSA) is 105 Å². The Labute approximate surface area is 180 Å². The summed E-state index contributed by atoms with van der Waals surface area (Å²) in [5.41, 5.74) is 3.74. The Hall–Kier alpha value is -3.68. The molecule has 1 aliphatic rings. The van der Waals surface area contributed by atoms with Gasteiger partial charge in [-0.2, -0.15) is 0 Å². The summed E-state index contributed by atoms with van der Waals surface area (Å²) in [5, 5.41) is 5.16. The van der Waals surface area contributed by atoms with Crippen molar-refractivity contribution >= 4 is 35.1 Å². The molecule has 8 nitrogen and oxygen atoms in total. The van der Waals surface area contributed by atoms with E-state index in [4.69, 9.17) is 4.74 Å². The predicted octanol–water partition coefficient (Wildman–Crippen LogP) is 2.34. The number of aryl methyl sites for hydroxylation is 1. The molecule has 0 saturated carbocycles. The van der Waals surface area contributed by atoms with Crippen molar-refractivity contribution < 1.29 is 23.9 Å². The van der Waals surface area contributed by atoms with Crippen molar-refractivity contribution in [2.24, 2.45) is 0 Å². The van der Waals surface area contributed by atoms with Crippen LogP contribution in [0.15, 0.2) is 42.5 Å². The van der Waals surface area contributed by atoms with Gasteiger partial charge in [0.2, 0.25) is 5.91 Å². The van der Waals surface area contributed by atoms with E-state index in [-0.39, 0.29) is 12.5 Å². The van der Waals surface area contributed by atoms with Crippen LogP contribution in [0.4, 0.5) is 11.4 Å². The summed E-state index contributed by atoms with van der Waals surface area (Å²) >= 11 is 0. The van der Waals surface area contributed by atoms with E-state index in [0.717, 1.165) is 23.2 Å². The van der Waals surface area contributed by atoms with E-state index in [2.05, 4.69) is 10.6 Å². The first-order chi connectivity index (χ1) is 14.8. The lowest BCUT2D eigenvalue weighted by atomic mass is 10.1. The third-order valence-corrected chi connectivity index (χ3v) is 5.15. The number of nitrogens with one attached hydrogen (secondary N) is 2. The lowest BCUT2D eigenvalue weighted by molar-refractivity contribution is -0.146. The molecule has 3 rings (SSSR count). The number of nitrogens with zero attached hydrogens (tertiary/aromatic N) is 1. The van der Waals surface area contributed by atoms with Gasteiger partial charge in [-0.3, -0.25) is 19.2 Å². The van der Waals surface area contributed by atoms with Crippen LogP contribution in [-0.4, -0.2) is 43.4 Å². The van der Waals surface area contributed by atoms with Gasteiger partial charge in [0, 0.05) is 29.9 Å². The molecule has 0 aliphatic carbocycles. The molecule has 0 bridgehead atoms. The normalized spacial score (nSPS) is 13.1. The number of benzene rings is 2. The molecule has 0 atom stereocenters. The Morgan fingerprint density at radius 3 is 2.48 bits per heavy atom. The summed E-state index contributed by atoms with van der Waals surface area (Å²) in [6.07, 6.45) is 1.36. The van der Waals surface area contributed by atoms with Gasteiger partial charge in [-0.25, -0.2) is 0 Å². The van der Waals surface area contributed by atoms with Gasteiger partial charge in [0.1, 0.15) is 6.54 Å². The van der Waals surface area contributed by atoms with Crippen LogP contribution >= 0.6 is 0 Å². The fourth-order valence-electron chi connectivity index (χ4n) is 3.24. The van der Waals surface area contributed by atoms with E-state index in [1.165, 1.54) is 0 Å². The fourth-order valence-corrected chi connectivity index (χ4v) is 3.24. The minimum atomic E-state index is -0.719. The number of amides is 3. The number of ether oxygens (including phenoxy) is 1. The molecule has 8 heteroatoms. The molecule has 162 valence electrons. The Balaban J connectivity index is 1.42. The Morgan fingerprint density at radius 1 is 1.06 bits per heavy atom. The highest BCUT2D eigenvalue weighted by atomic mass is 16.5. The first-order valence-electron chi connectivity index (χ1n) is 10.1. The van der Waals surface area contributed by atoms with E-state index >= 15 is 0 Å². The minimum absolute atomic E-state index is 0.0709. The van der Waals surface area contributed by atoms with Crippen molar-refractivity contribution in [3.05, 3.63) is 59.2 Å². The van der Waals surface area contributed by atoms with Crippen LogP contribution < -0.4 is 15.5 Å². The van der Waals surface area contributed by atoms with Crippen molar-refractivity contribution in [3.8, 4) is 0 Å². The summed E-state index contributed by atoms with van der Waals surface area (Å²) in [5.74, 6) is -1.55. The van der Waals surface area contributed by atoms with Crippen molar-refractivity contribution in [2.45, 2.75) is 26.7 Å².